The van der Waals surface area contributed by atoms with Gasteiger partial charge in [-0.2, -0.15) is 0 Å². The third kappa shape index (κ3) is 3.47. The molecule has 1 aliphatic rings. The van der Waals surface area contributed by atoms with Gasteiger partial charge in [0, 0.05) is 25.4 Å². The van der Waals surface area contributed by atoms with Crippen molar-refractivity contribution >= 4 is 15.7 Å². The summed E-state index contributed by atoms with van der Waals surface area (Å²) in [4.78, 5) is -0.409. The van der Waals surface area contributed by atoms with Crippen LogP contribution in [-0.2, 0) is 14.8 Å². The summed E-state index contributed by atoms with van der Waals surface area (Å²) in [6.07, 6.45) is 1.55. The first kappa shape index (κ1) is 15.2. The molecule has 3 N–H and O–H groups in total. The number of hydrogen-bond donors (Lipinski definition) is 2. The Bertz CT molecular complexity index is 583. The van der Waals surface area contributed by atoms with Crippen molar-refractivity contribution in [2.45, 2.75) is 24.7 Å². The number of hydrogen-bond acceptors (Lipinski definition) is 4. The molecule has 0 aliphatic carbocycles. The minimum absolute atomic E-state index is 0.165. The molecule has 0 atom stereocenters. The summed E-state index contributed by atoms with van der Waals surface area (Å²) < 4.78 is 45.7. The van der Waals surface area contributed by atoms with Crippen LogP contribution in [-0.4, -0.2) is 28.2 Å². The molecule has 7 heteroatoms. The molecule has 0 unspecified atom stereocenters. The number of rotatable bonds is 4. The van der Waals surface area contributed by atoms with Crippen molar-refractivity contribution in [2.75, 3.05) is 25.5 Å². The van der Waals surface area contributed by atoms with Crippen molar-refractivity contribution in [2.24, 2.45) is 5.41 Å². The van der Waals surface area contributed by atoms with Crippen molar-refractivity contribution in [1.82, 2.24) is 4.72 Å². The second-order valence-corrected chi connectivity index (χ2v) is 7.17. The lowest BCUT2D eigenvalue weighted by Crippen LogP contribution is -2.39. The van der Waals surface area contributed by atoms with E-state index in [1.807, 2.05) is 6.92 Å². The van der Waals surface area contributed by atoms with Gasteiger partial charge in [-0.25, -0.2) is 17.5 Å². The highest BCUT2D eigenvalue weighted by molar-refractivity contribution is 7.89. The highest BCUT2D eigenvalue weighted by Crippen LogP contribution is 2.29. The summed E-state index contributed by atoms with van der Waals surface area (Å²) in [5.41, 5.74) is 5.56. The van der Waals surface area contributed by atoms with Crippen LogP contribution in [0.3, 0.4) is 0 Å². The number of nitrogen functional groups attached to an aromatic ring is 1. The van der Waals surface area contributed by atoms with Gasteiger partial charge in [-0.15, -0.1) is 0 Å². The minimum atomic E-state index is -3.90. The smallest absolute Gasteiger partial charge is 0.243 e. The van der Waals surface area contributed by atoms with E-state index >= 15 is 0 Å². The molecule has 20 heavy (non-hydrogen) atoms. The molecule has 0 radical (unpaired) electrons. The Labute approximate surface area is 118 Å². The third-order valence-corrected chi connectivity index (χ3v) is 5.05. The standard InChI is InChI=1S/C13H19FN2O3S/c1-13(4-6-19-7-5-13)9-16-20(17,18)12-8-10(15)2-3-11(12)14/h2-3,8,16H,4-7,9,15H2,1H3. The van der Waals surface area contributed by atoms with Gasteiger partial charge in [0.15, 0.2) is 0 Å². The fourth-order valence-corrected chi connectivity index (χ4v) is 3.42. The summed E-state index contributed by atoms with van der Waals surface area (Å²) in [6, 6.07) is 3.51. The van der Waals surface area contributed by atoms with Crippen LogP contribution >= 0.6 is 0 Å². The minimum Gasteiger partial charge on any atom is -0.399 e. The lowest BCUT2D eigenvalue weighted by Gasteiger charge is -2.33. The van der Waals surface area contributed by atoms with Gasteiger partial charge in [0.05, 0.1) is 0 Å². The van der Waals surface area contributed by atoms with Crippen molar-refractivity contribution in [3.8, 4) is 0 Å². The summed E-state index contributed by atoms with van der Waals surface area (Å²) in [6.45, 7) is 3.48. The summed E-state index contributed by atoms with van der Waals surface area (Å²) in [5, 5.41) is 0. The summed E-state index contributed by atoms with van der Waals surface area (Å²) in [7, 11) is -3.90. The van der Waals surface area contributed by atoms with E-state index in [1.54, 1.807) is 0 Å². The van der Waals surface area contributed by atoms with E-state index in [0.29, 0.717) is 13.2 Å². The van der Waals surface area contributed by atoms with Gasteiger partial charge in [0.2, 0.25) is 10.0 Å². The van der Waals surface area contributed by atoms with E-state index in [4.69, 9.17) is 10.5 Å². The molecule has 1 heterocycles. The van der Waals surface area contributed by atoms with E-state index in [1.165, 1.54) is 6.07 Å². The highest BCUT2D eigenvalue weighted by atomic mass is 32.2. The first-order valence-electron chi connectivity index (χ1n) is 6.45. The van der Waals surface area contributed by atoms with Crippen molar-refractivity contribution in [3.05, 3.63) is 24.0 Å². The van der Waals surface area contributed by atoms with Crippen molar-refractivity contribution < 1.29 is 17.5 Å². The van der Waals surface area contributed by atoms with E-state index in [9.17, 15) is 12.8 Å². The topological polar surface area (TPSA) is 81.4 Å². The van der Waals surface area contributed by atoms with Gasteiger partial charge in [-0.05, 0) is 36.5 Å². The maximum absolute atomic E-state index is 13.6. The molecular weight excluding hydrogens is 283 g/mol. The van der Waals surface area contributed by atoms with Gasteiger partial charge < -0.3 is 10.5 Å². The van der Waals surface area contributed by atoms with E-state index in [2.05, 4.69) is 4.72 Å². The molecule has 1 fully saturated rings. The molecule has 5 nitrogen and oxygen atoms in total. The van der Waals surface area contributed by atoms with Crippen LogP contribution in [0.4, 0.5) is 10.1 Å². The van der Waals surface area contributed by atoms with Crippen LogP contribution in [0.1, 0.15) is 19.8 Å². The monoisotopic (exact) mass is 302 g/mol. The van der Waals surface area contributed by atoms with E-state index < -0.39 is 20.7 Å². The van der Waals surface area contributed by atoms with Crippen LogP contribution in [0.15, 0.2) is 23.1 Å². The van der Waals surface area contributed by atoms with Gasteiger partial charge in [-0.1, -0.05) is 6.92 Å². The van der Waals surface area contributed by atoms with Crippen LogP contribution in [0.5, 0.6) is 0 Å². The average molecular weight is 302 g/mol. The second kappa shape index (κ2) is 5.67. The molecule has 0 aromatic heterocycles. The van der Waals surface area contributed by atoms with Crippen LogP contribution < -0.4 is 10.5 Å². The predicted octanol–water partition coefficient (Wildman–Crippen LogP) is 1.50. The number of benzene rings is 1. The molecule has 0 bridgehead atoms. The van der Waals surface area contributed by atoms with E-state index in [-0.39, 0.29) is 17.6 Å². The zero-order valence-electron chi connectivity index (χ0n) is 11.4. The maximum atomic E-state index is 13.6. The Hall–Kier alpha value is -1.18. The van der Waals surface area contributed by atoms with Gasteiger partial charge in [-0.3, -0.25) is 0 Å². The van der Waals surface area contributed by atoms with Crippen LogP contribution in [0, 0.1) is 11.2 Å². The highest BCUT2D eigenvalue weighted by Gasteiger charge is 2.30. The molecule has 112 valence electrons. The Balaban J connectivity index is 2.13. The molecule has 1 aliphatic heterocycles. The molecule has 0 saturated carbocycles. The molecule has 0 spiro atoms. The second-order valence-electron chi connectivity index (χ2n) is 5.44. The van der Waals surface area contributed by atoms with Gasteiger partial charge >= 0.3 is 0 Å². The summed E-state index contributed by atoms with van der Waals surface area (Å²) >= 11 is 0. The molecule has 1 aromatic carbocycles. The lowest BCUT2D eigenvalue weighted by atomic mass is 9.83. The Morgan fingerprint density at radius 3 is 2.70 bits per heavy atom. The predicted molar refractivity (Wildman–Crippen MR) is 74.2 cm³/mol. The Morgan fingerprint density at radius 2 is 2.05 bits per heavy atom. The number of ether oxygens (including phenoxy) is 1. The molecule has 0 amide bonds. The zero-order valence-corrected chi connectivity index (χ0v) is 12.2. The first-order chi connectivity index (χ1) is 9.32. The van der Waals surface area contributed by atoms with Gasteiger partial charge in [0.1, 0.15) is 10.7 Å². The van der Waals surface area contributed by atoms with Crippen LogP contribution in [0.2, 0.25) is 0 Å². The van der Waals surface area contributed by atoms with Gasteiger partial charge in [0.25, 0.3) is 0 Å². The SMILES string of the molecule is CC1(CNS(=O)(=O)c2cc(N)ccc2F)CCOCC1. The fraction of sp³-hybridized carbons (Fsp3) is 0.538. The van der Waals surface area contributed by atoms with Crippen molar-refractivity contribution in [3.63, 3.8) is 0 Å². The fourth-order valence-electron chi connectivity index (χ4n) is 2.11. The number of sulfonamides is 1. The Morgan fingerprint density at radius 1 is 1.40 bits per heavy atom. The molecular formula is C13H19FN2O3S. The quantitative estimate of drug-likeness (QED) is 0.826. The Kier molecular flexibility index (Phi) is 4.31. The normalized spacial score (nSPS) is 18.9. The lowest BCUT2D eigenvalue weighted by molar-refractivity contribution is 0.0264. The third-order valence-electron chi connectivity index (χ3n) is 3.63. The largest absolute Gasteiger partial charge is 0.399 e. The molecule has 2 rings (SSSR count). The zero-order chi connectivity index (χ0) is 14.8. The number of anilines is 1. The number of nitrogens with one attached hydrogen (secondary N) is 1. The molecule has 1 aromatic rings. The average Bonchev–Trinajstić information content (AvgIpc) is 2.40. The number of halogens is 1. The van der Waals surface area contributed by atoms with Crippen LogP contribution in [0.25, 0.3) is 0 Å². The molecule has 1 saturated heterocycles. The number of nitrogens with two attached hydrogens (primary N) is 1. The van der Waals surface area contributed by atoms with Crippen molar-refractivity contribution in [1.29, 1.82) is 0 Å². The first-order valence-corrected chi connectivity index (χ1v) is 7.93. The van der Waals surface area contributed by atoms with E-state index in [0.717, 1.165) is 25.0 Å². The maximum Gasteiger partial charge on any atom is 0.243 e. The summed E-state index contributed by atoms with van der Waals surface area (Å²) in [5.74, 6) is -0.802.